The van der Waals surface area contributed by atoms with E-state index >= 15 is 0 Å². The summed E-state index contributed by atoms with van der Waals surface area (Å²) in [6.07, 6.45) is 1.75. The molecule has 1 aliphatic rings. The first-order valence-electron chi connectivity index (χ1n) is 10.2. The van der Waals surface area contributed by atoms with Crippen molar-refractivity contribution >= 4 is 21.8 Å². The minimum Gasteiger partial charge on any atom is -0.486 e. The van der Waals surface area contributed by atoms with Crippen LogP contribution in [-0.2, 0) is 19.6 Å². The van der Waals surface area contributed by atoms with Crippen molar-refractivity contribution in [2.75, 3.05) is 26.4 Å². The molecule has 0 bridgehead atoms. The van der Waals surface area contributed by atoms with E-state index in [-0.39, 0.29) is 23.4 Å². The van der Waals surface area contributed by atoms with E-state index in [2.05, 4.69) is 4.72 Å². The van der Waals surface area contributed by atoms with Crippen LogP contribution in [0.3, 0.4) is 0 Å². The minimum atomic E-state index is -3.68. The van der Waals surface area contributed by atoms with Gasteiger partial charge in [-0.05, 0) is 49.2 Å². The molecule has 10 heteroatoms. The van der Waals surface area contributed by atoms with Gasteiger partial charge >= 0.3 is 5.97 Å². The zero-order valence-electron chi connectivity index (χ0n) is 17.3. The van der Waals surface area contributed by atoms with Crippen LogP contribution in [-0.4, -0.2) is 46.5 Å². The predicted octanol–water partition coefficient (Wildman–Crippen LogP) is 2.86. The summed E-state index contributed by atoms with van der Waals surface area (Å²) in [4.78, 5) is 23.7. The number of benzene rings is 2. The summed E-state index contributed by atoms with van der Waals surface area (Å²) >= 11 is 0. The maximum absolute atomic E-state index is 12.9. The number of ether oxygens (including phenoxy) is 3. The Kier molecular flexibility index (Phi) is 8.18. The Morgan fingerprint density at radius 3 is 2.44 bits per heavy atom. The summed E-state index contributed by atoms with van der Waals surface area (Å²) in [6.45, 7) is 0.608. The molecule has 172 valence electrons. The van der Waals surface area contributed by atoms with Gasteiger partial charge in [0.15, 0.2) is 23.9 Å². The Labute approximate surface area is 185 Å². The van der Waals surface area contributed by atoms with Gasteiger partial charge in [0.2, 0.25) is 10.0 Å². The molecule has 1 N–H and O–H groups in total. The highest BCUT2D eigenvalue weighted by Crippen LogP contribution is 2.32. The molecule has 32 heavy (non-hydrogen) atoms. The van der Waals surface area contributed by atoms with E-state index in [0.29, 0.717) is 44.0 Å². The Hall–Kier alpha value is -2.98. The van der Waals surface area contributed by atoms with Crippen LogP contribution in [0.5, 0.6) is 11.5 Å². The number of ketones is 1. The number of sulfonamides is 1. The SMILES string of the molecule is O=C(CCCCCNS(=O)(=O)c1ccc2c(c1)OCCO2)OCC(=O)c1ccc(F)cc1. The second-order valence-corrected chi connectivity index (χ2v) is 8.87. The first kappa shape index (κ1) is 23.7. The lowest BCUT2D eigenvalue weighted by atomic mass is 10.1. The van der Waals surface area contributed by atoms with E-state index in [1.54, 1.807) is 6.07 Å². The molecule has 1 heterocycles. The van der Waals surface area contributed by atoms with E-state index in [4.69, 9.17) is 14.2 Å². The molecule has 1 aliphatic heterocycles. The third-order valence-electron chi connectivity index (χ3n) is 4.70. The third-order valence-corrected chi connectivity index (χ3v) is 6.16. The lowest BCUT2D eigenvalue weighted by Crippen LogP contribution is -2.25. The summed E-state index contributed by atoms with van der Waals surface area (Å²) in [5.41, 5.74) is 0.268. The van der Waals surface area contributed by atoms with Crippen molar-refractivity contribution in [2.45, 2.75) is 30.6 Å². The van der Waals surface area contributed by atoms with Crippen LogP contribution >= 0.6 is 0 Å². The smallest absolute Gasteiger partial charge is 0.306 e. The van der Waals surface area contributed by atoms with E-state index in [9.17, 15) is 22.4 Å². The van der Waals surface area contributed by atoms with Crippen LogP contribution in [0.25, 0.3) is 0 Å². The van der Waals surface area contributed by atoms with Gasteiger partial charge in [0.1, 0.15) is 19.0 Å². The first-order valence-corrected chi connectivity index (χ1v) is 11.7. The number of esters is 1. The average molecular weight is 465 g/mol. The van der Waals surface area contributed by atoms with Gasteiger partial charge in [-0.2, -0.15) is 0 Å². The second-order valence-electron chi connectivity index (χ2n) is 7.10. The Balaban J connectivity index is 1.31. The summed E-state index contributed by atoms with van der Waals surface area (Å²) in [6, 6.07) is 9.44. The molecule has 0 saturated carbocycles. The fraction of sp³-hybridized carbons (Fsp3) is 0.364. The van der Waals surface area contributed by atoms with Gasteiger partial charge in [-0.15, -0.1) is 0 Å². The van der Waals surface area contributed by atoms with Crippen LogP contribution in [0.15, 0.2) is 47.4 Å². The third kappa shape index (κ3) is 6.76. The van der Waals surface area contributed by atoms with E-state index in [0.717, 1.165) is 12.1 Å². The molecule has 0 amide bonds. The zero-order valence-corrected chi connectivity index (χ0v) is 18.2. The average Bonchev–Trinajstić information content (AvgIpc) is 2.79. The summed E-state index contributed by atoms with van der Waals surface area (Å²) in [7, 11) is -3.68. The number of Topliss-reactive ketones (excluding diaryl/α,β-unsaturated/α-hetero) is 1. The molecule has 3 rings (SSSR count). The maximum atomic E-state index is 12.9. The highest BCUT2D eigenvalue weighted by molar-refractivity contribution is 7.89. The van der Waals surface area contributed by atoms with Crippen LogP contribution in [0, 0.1) is 5.82 Å². The molecule has 0 spiro atoms. The van der Waals surface area contributed by atoms with Gasteiger partial charge in [0.25, 0.3) is 0 Å². The number of unbranched alkanes of at least 4 members (excludes halogenated alkanes) is 2. The lowest BCUT2D eigenvalue weighted by Gasteiger charge is -2.18. The van der Waals surface area contributed by atoms with Crippen molar-refractivity contribution < 1.29 is 36.6 Å². The summed E-state index contributed by atoms with van der Waals surface area (Å²) in [5, 5.41) is 0. The first-order chi connectivity index (χ1) is 15.3. The van der Waals surface area contributed by atoms with Crippen molar-refractivity contribution in [1.29, 1.82) is 0 Å². The van der Waals surface area contributed by atoms with E-state index in [1.165, 1.54) is 24.3 Å². The molecular formula is C22H24FNO7S. The molecule has 0 aliphatic carbocycles. The molecule has 0 saturated heterocycles. The Bertz CT molecular complexity index is 1050. The standard InChI is InChI=1S/C22H24FNO7S/c23-17-7-5-16(6-8-17)19(25)15-31-22(26)4-2-1-3-11-24-32(27,28)18-9-10-20-21(14-18)30-13-12-29-20/h5-10,14,24H,1-4,11-13,15H2. The number of hydrogen-bond acceptors (Lipinski definition) is 7. The van der Waals surface area contributed by atoms with Crippen LogP contribution in [0.1, 0.15) is 36.0 Å². The topological polar surface area (TPSA) is 108 Å². The molecule has 0 unspecified atom stereocenters. The maximum Gasteiger partial charge on any atom is 0.306 e. The number of nitrogens with one attached hydrogen (secondary N) is 1. The normalized spacial score (nSPS) is 12.9. The molecule has 0 atom stereocenters. The molecule has 8 nitrogen and oxygen atoms in total. The summed E-state index contributed by atoms with van der Waals surface area (Å²) < 4.78 is 55.9. The van der Waals surface area contributed by atoms with Crippen LogP contribution in [0.2, 0.25) is 0 Å². The van der Waals surface area contributed by atoms with Gasteiger partial charge < -0.3 is 14.2 Å². The Morgan fingerprint density at radius 1 is 0.969 bits per heavy atom. The molecule has 0 fully saturated rings. The number of halogens is 1. The number of fused-ring (bicyclic) bond motifs is 1. The highest BCUT2D eigenvalue weighted by atomic mass is 32.2. The minimum absolute atomic E-state index is 0.0937. The fourth-order valence-electron chi connectivity index (χ4n) is 2.99. The van der Waals surface area contributed by atoms with Crippen molar-refractivity contribution in [3.8, 4) is 11.5 Å². The molecule has 2 aromatic rings. The van der Waals surface area contributed by atoms with Crippen LogP contribution in [0.4, 0.5) is 4.39 Å². The number of carbonyl (C=O) groups is 2. The highest BCUT2D eigenvalue weighted by Gasteiger charge is 2.19. The molecule has 2 aromatic carbocycles. The monoisotopic (exact) mass is 465 g/mol. The van der Waals surface area contributed by atoms with Gasteiger partial charge in [-0.25, -0.2) is 17.5 Å². The van der Waals surface area contributed by atoms with E-state index in [1.807, 2.05) is 0 Å². The molecule has 0 radical (unpaired) electrons. The number of rotatable bonds is 11. The van der Waals surface area contributed by atoms with Gasteiger partial charge in [0, 0.05) is 24.6 Å². The molecular weight excluding hydrogens is 441 g/mol. The predicted molar refractivity (Wildman–Crippen MR) is 113 cm³/mol. The van der Waals surface area contributed by atoms with Gasteiger partial charge in [-0.1, -0.05) is 6.42 Å². The van der Waals surface area contributed by atoms with Crippen LogP contribution < -0.4 is 14.2 Å². The van der Waals surface area contributed by atoms with Crippen molar-refractivity contribution in [3.63, 3.8) is 0 Å². The zero-order chi connectivity index (χ0) is 23.0. The van der Waals surface area contributed by atoms with Gasteiger partial charge in [-0.3, -0.25) is 9.59 Å². The van der Waals surface area contributed by atoms with Crippen molar-refractivity contribution in [1.82, 2.24) is 4.72 Å². The second kappa shape index (κ2) is 11.1. The van der Waals surface area contributed by atoms with Gasteiger partial charge in [0.05, 0.1) is 4.90 Å². The van der Waals surface area contributed by atoms with Crippen molar-refractivity contribution in [3.05, 3.63) is 53.8 Å². The molecule has 0 aromatic heterocycles. The van der Waals surface area contributed by atoms with Crippen molar-refractivity contribution in [2.24, 2.45) is 0 Å². The Morgan fingerprint density at radius 2 is 1.69 bits per heavy atom. The number of hydrogen-bond donors (Lipinski definition) is 1. The summed E-state index contributed by atoms with van der Waals surface area (Å²) in [5.74, 6) is -0.464. The fourth-order valence-corrected chi connectivity index (χ4v) is 4.08. The lowest BCUT2D eigenvalue weighted by molar-refractivity contribution is -0.142. The quantitative estimate of drug-likeness (QED) is 0.309. The van der Waals surface area contributed by atoms with E-state index < -0.39 is 34.2 Å². The largest absolute Gasteiger partial charge is 0.486 e. The number of carbonyl (C=O) groups excluding carboxylic acids is 2.